The Morgan fingerprint density at radius 3 is 2.92 bits per heavy atom. The Kier molecular flexibility index (Phi) is 3.64. The fourth-order valence-electron chi connectivity index (χ4n) is 2.54. The SMILES string of the molecule is CC(O)(C#Cc1ccc2cnn(-c3ccnc(N)n3)c2c1)c1cn[nH]c1. The van der Waals surface area contributed by atoms with Gasteiger partial charge in [-0.05, 0) is 25.1 Å². The molecule has 8 nitrogen and oxygen atoms in total. The molecule has 0 bridgehead atoms. The number of aromatic nitrogens is 6. The number of aliphatic hydroxyl groups is 1. The highest BCUT2D eigenvalue weighted by Crippen LogP contribution is 2.20. The fourth-order valence-corrected chi connectivity index (χ4v) is 2.54. The van der Waals surface area contributed by atoms with Gasteiger partial charge in [0.15, 0.2) is 11.4 Å². The van der Waals surface area contributed by atoms with Crippen molar-refractivity contribution in [2.24, 2.45) is 0 Å². The molecule has 3 heterocycles. The van der Waals surface area contributed by atoms with Crippen LogP contribution in [-0.4, -0.2) is 35.1 Å². The highest BCUT2D eigenvalue weighted by atomic mass is 16.3. The van der Waals surface area contributed by atoms with E-state index in [-0.39, 0.29) is 5.95 Å². The molecular formula is C18H15N7O. The number of nitrogen functional groups attached to an aromatic ring is 1. The summed E-state index contributed by atoms with van der Waals surface area (Å²) < 4.78 is 1.67. The Morgan fingerprint density at radius 2 is 2.15 bits per heavy atom. The van der Waals surface area contributed by atoms with Crippen molar-refractivity contribution in [2.45, 2.75) is 12.5 Å². The van der Waals surface area contributed by atoms with E-state index in [2.05, 4.69) is 37.1 Å². The van der Waals surface area contributed by atoms with Gasteiger partial charge < -0.3 is 10.8 Å². The van der Waals surface area contributed by atoms with Crippen molar-refractivity contribution in [3.8, 4) is 17.7 Å². The molecule has 0 amide bonds. The molecule has 0 radical (unpaired) electrons. The molecule has 8 heteroatoms. The van der Waals surface area contributed by atoms with Gasteiger partial charge in [-0.2, -0.15) is 15.2 Å². The van der Waals surface area contributed by atoms with Gasteiger partial charge in [0.25, 0.3) is 0 Å². The van der Waals surface area contributed by atoms with Crippen LogP contribution in [0.1, 0.15) is 18.1 Å². The lowest BCUT2D eigenvalue weighted by atomic mass is 10.00. The molecule has 4 rings (SSSR count). The summed E-state index contributed by atoms with van der Waals surface area (Å²) in [6.45, 7) is 1.62. The van der Waals surface area contributed by atoms with Crippen LogP contribution in [-0.2, 0) is 5.60 Å². The minimum atomic E-state index is -1.30. The minimum absolute atomic E-state index is 0.179. The lowest BCUT2D eigenvalue weighted by Gasteiger charge is -2.13. The van der Waals surface area contributed by atoms with E-state index in [1.165, 1.54) is 0 Å². The minimum Gasteiger partial charge on any atom is -0.374 e. The van der Waals surface area contributed by atoms with Gasteiger partial charge in [0.2, 0.25) is 5.95 Å². The summed E-state index contributed by atoms with van der Waals surface area (Å²) >= 11 is 0. The summed E-state index contributed by atoms with van der Waals surface area (Å²) in [5.41, 5.74) is 6.53. The van der Waals surface area contributed by atoms with Gasteiger partial charge >= 0.3 is 0 Å². The molecule has 4 N–H and O–H groups in total. The smallest absolute Gasteiger partial charge is 0.221 e. The first-order chi connectivity index (χ1) is 12.5. The maximum Gasteiger partial charge on any atom is 0.221 e. The number of hydrogen-bond acceptors (Lipinski definition) is 6. The van der Waals surface area contributed by atoms with Gasteiger partial charge in [-0.15, -0.1) is 0 Å². The van der Waals surface area contributed by atoms with Crippen molar-refractivity contribution < 1.29 is 5.11 Å². The highest BCUT2D eigenvalue weighted by molar-refractivity contribution is 5.81. The lowest BCUT2D eigenvalue weighted by Crippen LogP contribution is -2.17. The highest BCUT2D eigenvalue weighted by Gasteiger charge is 2.20. The largest absolute Gasteiger partial charge is 0.374 e. The number of nitrogens with one attached hydrogen (secondary N) is 1. The third-order valence-corrected chi connectivity index (χ3v) is 3.96. The predicted octanol–water partition coefficient (Wildman–Crippen LogP) is 1.38. The van der Waals surface area contributed by atoms with Gasteiger partial charge in [0.1, 0.15) is 0 Å². The van der Waals surface area contributed by atoms with E-state index < -0.39 is 5.60 Å². The third-order valence-electron chi connectivity index (χ3n) is 3.96. The number of nitrogens with two attached hydrogens (primary N) is 1. The summed E-state index contributed by atoms with van der Waals surface area (Å²) in [6, 6.07) is 7.41. The Morgan fingerprint density at radius 1 is 1.27 bits per heavy atom. The molecule has 1 unspecified atom stereocenters. The average Bonchev–Trinajstić information content (AvgIpc) is 3.30. The quantitative estimate of drug-likeness (QED) is 0.472. The van der Waals surface area contributed by atoms with Crippen LogP contribution in [0.3, 0.4) is 0 Å². The van der Waals surface area contributed by atoms with Gasteiger partial charge in [0, 0.05) is 35.0 Å². The standard InChI is InChI=1S/C18H15N7O/c1-18(26,14-10-21-22-11-14)6-4-12-2-3-13-9-23-25(15(13)8-12)16-5-7-20-17(19)24-16/h2-3,5,7-11,26H,1H3,(H,21,22)(H2,19,20,24). The Hall–Kier alpha value is -3.70. The molecule has 26 heavy (non-hydrogen) atoms. The van der Waals surface area contributed by atoms with Crippen molar-refractivity contribution in [3.63, 3.8) is 0 Å². The summed E-state index contributed by atoms with van der Waals surface area (Å²) in [4.78, 5) is 8.09. The topological polar surface area (TPSA) is 119 Å². The van der Waals surface area contributed by atoms with Crippen LogP contribution in [0.5, 0.6) is 0 Å². The maximum atomic E-state index is 10.5. The molecule has 0 fully saturated rings. The summed E-state index contributed by atoms with van der Waals surface area (Å²) in [7, 11) is 0. The summed E-state index contributed by atoms with van der Waals surface area (Å²) in [5, 5.41) is 22.3. The number of fused-ring (bicyclic) bond motifs is 1. The normalized spacial score (nSPS) is 13.2. The number of rotatable bonds is 2. The third kappa shape index (κ3) is 2.87. The summed E-state index contributed by atoms with van der Waals surface area (Å²) in [6.07, 6.45) is 6.49. The van der Waals surface area contributed by atoms with Crippen molar-refractivity contribution in [3.05, 3.63) is 60.2 Å². The Bertz CT molecular complexity index is 1130. The zero-order valence-electron chi connectivity index (χ0n) is 13.9. The second kappa shape index (κ2) is 5.98. The van der Waals surface area contributed by atoms with E-state index in [1.54, 1.807) is 42.5 Å². The Balaban J connectivity index is 1.75. The predicted molar refractivity (Wildman–Crippen MR) is 96.1 cm³/mol. The van der Waals surface area contributed by atoms with Crippen LogP contribution in [0.25, 0.3) is 16.7 Å². The van der Waals surface area contributed by atoms with E-state index in [9.17, 15) is 5.11 Å². The number of hydrogen-bond donors (Lipinski definition) is 3. The molecule has 0 aliphatic rings. The first-order valence-corrected chi connectivity index (χ1v) is 7.84. The second-order valence-electron chi connectivity index (χ2n) is 5.91. The summed E-state index contributed by atoms with van der Waals surface area (Å²) in [5.74, 6) is 6.63. The Labute approximate surface area is 148 Å². The molecule has 0 saturated carbocycles. The number of nitrogens with zero attached hydrogens (tertiary/aromatic N) is 5. The molecule has 0 aliphatic heterocycles. The molecule has 128 valence electrons. The van der Waals surface area contributed by atoms with Crippen LogP contribution in [0, 0.1) is 11.8 Å². The molecule has 0 aliphatic carbocycles. The monoisotopic (exact) mass is 345 g/mol. The zero-order chi connectivity index (χ0) is 18.1. The molecular weight excluding hydrogens is 330 g/mol. The van der Waals surface area contributed by atoms with Gasteiger partial charge in [-0.1, -0.05) is 11.8 Å². The first kappa shape index (κ1) is 15.8. The van der Waals surface area contributed by atoms with E-state index in [1.807, 2.05) is 18.2 Å². The van der Waals surface area contributed by atoms with Crippen molar-refractivity contribution in [1.29, 1.82) is 0 Å². The molecule has 0 saturated heterocycles. The van der Waals surface area contributed by atoms with E-state index in [0.29, 0.717) is 11.4 Å². The van der Waals surface area contributed by atoms with Crippen molar-refractivity contribution in [1.82, 2.24) is 29.9 Å². The average molecular weight is 345 g/mol. The van der Waals surface area contributed by atoms with Gasteiger partial charge in [-0.25, -0.2) is 9.67 Å². The van der Waals surface area contributed by atoms with Crippen LogP contribution in [0.15, 0.2) is 49.1 Å². The van der Waals surface area contributed by atoms with E-state index in [4.69, 9.17) is 5.73 Å². The fraction of sp³-hybridized carbons (Fsp3) is 0.111. The maximum absolute atomic E-state index is 10.5. The van der Waals surface area contributed by atoms with Crippen LogP contribution >= 0.6 is 0 Å². The number of aromatic amines is 1. The van der Waals surface area contributed by atoms with Crippen molar-refractivity contribution >= 4 is 16.9 Å². The second-order valence-corrected chi connectivity index (χ2v) is 5.91. The first-order valence-electron chi connectivity index (χ1n) is 7.84. The van der Waals surface area contributed by atoms with E-state index in [0.717, 1.165) is 16.5 Å². The van der Waals surface area contributed by atoms with Crippen LogP contribution < -0.4 is 5.73 Å². The van der Waals surface area contributed by atoms with Crippen LogP contribution in [0.4, 0.5) is 5.95 Å². The van der Waals surface area contributed by atoms with E-state index >= 15 is 0 Å². The lowest BCUT2D eigenvalue weighted by molar-refractivity contribution is 0.122. The molecule has 1 aromatic carbocycles. The number of benzene rings is 1. The molecule has 1 atom stereocenters. The van der Waals surface area contributed by atoms with Gasteiger partial charge in [0.05, 0.1) is 17.9 Å². The van der Waals surface area contributed by atoms with Gasteiger partial charge in [-0.3, -0.25) is 5.10 Å². The molecule has 4 aromatic rings. The van der Waals surface area contributed by atoms with Crippen molar-refractivity contribution in [2.75, 3.05) is 5.73 Å². The zero-order valence-corrected chi connectivity index (χ0v) is 13.9. The number of anilines is 1. The molecule has 0 spiro atoms. The molecule has 3 aromatic heterocycles. The number of H-pyrrole nitrogens is 1. The van der Waals surface area contributed by atoms with Crippen LogP contribution in [0.2, 0.25) is 0 Å².